The lowest BCUT2D eigenvalue weighted by Gasteiger charge is -2.26. The molecular formula is C20H25N5O5. The van der Waals surface area contributed by atoms with Crippen molar-refractivity contribution in [3.8, 4) is 0 Å². The number of nitrogens with zero attached hydrogens (tertiary/aromatic N) is 3. The quantitative estimate of drug-likeness (QED) is 0.365. The van der Waals surface area contributed by atoms with Crippen molar-refractivity contribution in [2.45, 2.75) is 51.4 Å². The fourth-order valence-electron chi connectivity index (χ4n) is 3.13. The van der Waals surface area contributed by atoms with E-state index in [1.54, 1.807) is 12.1 Å². The highest BCUT2D eigenvalue weighted by molar-refractivity contribution is 6.28. The first kappa shape index (κ1) is 22.8. The van der Waals surface area contributed by atoms with Gasteiger partial charge in [0.05, 0.1) is 0 Å². The smallest absolute Gasteiger partial charge is 0.408 e. The van der Waals surface area contributed by atoms with E-state index in [9.17, 15) is 19.2 Å². The summed E-state index contributed by atoms with van der Waals surface area (Å²) in [5, 5.41) is 4.94. The molecule has 1 heterocycles. The Morgan fingerprint density at radius 1 is 1.20 bits per heavy atom. The molecule has 30 heavy (non-hydrogen) atoms. The molecule has 10 heteroatoms. The van der Waals surface area contributed by atoms with Crippen LogP contribution in [0.4, 0.5) is 4.79 Å². The first-order valence-electron chi connectivity index (χ1n) is 9.62. The molecule has 10 nitrogen and oxygen atoms in total. The summed E-state index contributed by atoms with van der Waals surface area (Å²) in [6.07, 6.45) is 1.11. The molecule has 0 bridgehead atoms. The molecule has 0 aromatic heterocycles. The zero-order valence-electron chi connectivity index (χ0n) is 16.9. The van der Waals surface area contributed by atoms with Crippen LogP contribution in [0.3, 0.4) is 0 Å². The average molecular weight is 415 g/mol. The number of carbonyl (C=O) groups is 4. The van der Waals surface area contributed by atoms with Crippen LogP contribution in [-0.2, 0) is 25.7 Å². The van der Waals surface area contributed by atoms with Crippen molar-refractivity contribution in [1.82, 2.24) is 15.5 Å². The molecule has 0 unspecified atom stereocenters. The molecule has 2 rings (SSSR count). The van der Waals surface area contributed by atoms with Gasteiger partial charge in [0, 0.05) is 6.54 Å². The number of nitrogens with one attached hydrogen (secondary N) is 2. The number of likely N-dealkylation sites (tertiary alicyclic amines) is 1. The normalized spacial score (nSPS) is 17.3. The number of alkyl carbamates (subject to hydrolysis) is 1. The summed E-state index contributed by atoms with van der Waals surface area (Å²) >= 11 is 0. The number of ether oxygens (including phenoxy) is 1. The van der Waals surface area contributed by atoms with E-state index in [0.29, 0.717) is 19.4 Å². The van der Waals surface area contributed by atoms with Crippen LogP contribution in [0.5, 0.6) is 0 Å². The monoisotopic (exact) mass is 415 g/mol. The third-order valence-electron chi connectivity index (χ3n) is 4.72. The summed E-state index contributed by atoms with van der Waals surface area (Å²) in [5.41, 5.74) is 9.34. The predicted molar refractivity (Wildman–Crippen MR) is 106 cm³/mol. The molecule has 0 radical (unpaired) electrons. The largest absolute Gasteiger partial charge is 0.445 e. The van der Waals surface area contributed by atoms with Gasteiger partial charge in [-0.15, -0.1) is 0 Å². The Labute approximate surface area is 174 Å². The van der Waals surface area contributed by atoms with Crippen molar-refractivity contribution in [2.75, 3.05) is 6.54 Å². The van der Waals surface area contributed by atoms with Gasteiger partial charge in [0.25, 0.3) is 5.78 Å². The van der Waals surface area contributed by atoms with E-state index in [4.69, 9.17) is 10.3 Å². The standard InChI is InChI=1S/C20H25N5O5/c1-13(24-20(29)30-12-15-7-4-3-5-8-15)18(27)23-14(2)19(28)25-10-6-9-16(25)17(26)11-22-21/h3-5,7-8,11,13-14,16H,6,9-10,12H2,1-2H3,(H,23,27)(H,24,29)/t13-,14-,16-/m0/s1. The lowest BCUT2D eigenvalue weighted by atomic mass is 10.1. The zero-order valence-corrected chi connectivity index (χ0v) is 16.9. The van der Waals surface area contributed by atoms with Crippen LogP contribution in [0.25, 0.3) is 5.53 Å². The number of carbonyl (C=O) groups excluding carboxylic acids is 4. The van der Waals surface area contributed by atoms with Gasteiger partial charge in [0.2, 0.25) is 11.8 Å². The maximum atomic E-state index is 12.6. The Balaban J connectivity index is 1.83. The number of amides is 3. The van der Waals surface area contributed by atoms with Crippen LogP contribution >= 0.6 is 0 Å². The molecule has 1 aromatic rings. The molecular weight excluding hydrogens is 390 g/mol. The molecule has 160 valence electrons. The molecule has 2 N–H and O–H groups in total. The zero-order chi connectivity index (χ0) is 22.1. The summed E-state index contributed by atoms with van der Waals surface area (Å²) in [6, 6.07) is 6.55. The minimum Gasteiger partial charge on any atom is -0.445 e. The Hall–Kier alpha value is -3.52. The van der Waals surface area contributed by atoms with Crippen LogP contribution in [-0.4, -0.2) is 64.3 Å². The summed E-state index contributed by atoms with van der Waals surface area (Å²) < 4.78 is 5.07. The fourth-order valence-corrected chi connectivity index (χ4v) is 3.13. The second-order valence-electron chi connectivity index (χ2n) is 6.99. The molecule has 0 aliphatic carbocycles. The molecule has 1 aliphatic heterocycles. The van der Waals surface area contributed by atoms with Crippen molar-refractivity contribution in [3.63, 3.8) is 0 Å². The van der Waals surface area contributed by atoms with Crippen molar-refractivity contribution >= 4 is 29.9 Å². The summed E-state index contributed by atoms with van der Waals surface area (Å²) in [5.74, 6) is -1.46. The van der Waals surface area contributed by atoms with E-state index >= 15 is 0 Å². The second-order valence-corrected chi connectivity index (χ2v) is 6.99. The van der Waals surface area contributed by atoms with Crippen LogP contribution in [0.15, 0.2) is 30.3 Å². The Morgan fingerprint density at radius 2 is 1.90 bits per heavy atom. The number of rotatable bonds is 8. The molecule has 1 aromatic carbocycles. The van der Waals surface area contributed by atoms with Gasteiger partial charge >= 0.3 is 12.3 Å². The molecule has 0 saturated carbocycles. The minimum absolute atomic E-state index is 0.0669. The highest BCUT2D eigenvalue weighted by Crippen LogP contribution is 2.18. The van der Waals surface area contributed by atoms with E-state index in [-0.39, 0.29) is 6.61 Å². The Bertz CT molecular complexity index is 837. The molecule has 1 saturated heterocycles. The van der Waals surface area contributed by atoms with Gasteiger partial charge < -0.3 is 25.8 Å². The summed E-state index contributed by atoms with van der Waals surface area (Å²) in [7, 11) is 0. The minimum atomic E-state index is -0.930. The lowest BCUT2D eigenvalue weighted by molar-refractivity contribution is -0.139. The maximum Gasteiger partial charge on any atom is 0.408 e. The van der Waals surface area contributed by atoms with Crippen LogP contribution < -0.4 is 10.6 Å². The average Bonchev–Trinajstić information content (AvgIpc) is 3.22. The van der Waals surface area contributed by atoms with Crippen LogP contribution in [0, 0.1) is 0 Å². The molecule has 3 atom stereocenters. The molecule has 1 fully saturated rings. The predicted octanol–water partition coefficient (Wildman–Crippen LogP) is 0.667. The first-order chi connectivity index (χ1) is 14.3. The van der Waals surface area contributed by atoms with Gasteiger partial charge in [-0.1, -0.05) is 30.3 Å². The fraction of sp³-hybridized carbons (Fsp3) is 0.450. The Morgan fingerprint density at radius 3 is 2.57 bits per heavy atom. The van der Waals surface area contributed by atoms with Crippen molar-refractivity contribution < 1.29 is 28.7 Å². The number of hydrogen-bond donors (Lipinski definition) is 2. The number of benzene rings is 1. The topological polar surface area (TPSA) is 141 Å². The number of Topliss-reactive ketones (excluding diaryl/α,β-unsaturated/α-hetero) is 1. The van der Waals surface area contributed by atoms with Crippen molar-refractivity contribution in [1.29, 1.82) is 0 Å². The van der Waals surface area contributed by atoms with Gasteiger partial charge in [-0.05, 0) is 32.3 Å². The van der Waals surface area contributed by atoms with E-state index in [1.807, 2.05) is 18.2 Å². The van der Waals surface area contributed by atoms with Crippen LogP contribution in [0.2, 0.25) is 0 Å². The van der Waals surface area contributed by atoms with E-state index in [2.05, 4.69) is 15.4 Å². The van der Waals surface area contributed by atoms with E-state index < -0.39 is 41.8 Å². The lowest BCUT2D eigenvalue weighted by Crippen LogP contribution is -2.54. The van der Waals surface area contributed by atoms with Gasteiger partial charge in [-0.25, -0.2) is 4.79 Å². The van der Waals surface area contributed by atoms with Crippen molar-refractivity contribution in [3.05, 3.63) is 41.4 Å². The summed E-state index contributed by atoms with van der Waals surface area (Å²) in [4.78, 5) is 52.9. The highest BCUT2D eigenvalue weighted by Gasteiger charge is 2.37. The third-order valence-corrected chi connectivity index (χ3v) is 4.72. The SMILES string of the molecule is C[C@H](NC(=O)OCc1ccccc1)C(=O)N[C@@H](C)C(=O)N1CCC[C@H]1C(=O)C=[N+]=[N-]. The van der Waals surface area contributed by atoms with Gasteiger partial charge in [-0.2, -0.15) is 4.79 Å². The molecule has 0 spiro atoms. The first-order valence-corrected chi connectivity index (χ1v) is 9.62. The maximum absolute atomic E-state index is 12.6. The number of hydrogen-bond acceptors (Lipinski definition) is 5. The molecule has 1 aliphatic rings. The van der Waals surface area contributed by atoms with Gasteiger partial charge in [-0.3, -0.25) is 14.4 Å². The third kappa shape index (κ3) is 6.25. The van der Waals surface area contributed by atoms with Crippen LogP contribution in [0.1, 0.15) is 32.3 Å². The molecule has 3 amide bonds. The van der Waals surface area contributed by atoms with Gasteiger partial charge in [0.15, 0.2) is 0 Å². The van der Waals surface area contributed by atoms with E-state index in [1.165, 1.54) is 18.7 Å². The second kappa shape index (κ2) is 10.9. The van der Waals surface area contributed by atoms with Gasteiger partial charge in [0.1, 0.15) is 24.7 Å². The number of ketones is 1. The van der Waals surface area contributed by atoms with E-state index in [0.717, 1.165) is 11.8 Å². The highest BCUT2D eigenvalue weighted by atomic mass is 16.5. The van der Waals surface area contributed by atoms with Crippen molar-refractivity contribution in [2.24, 2.45) is 0 Å². The Kier molecular flexibility index (Phi) is 8.25. The summed E-state index contributed by atoms with van der Waals surface area (Å²) in [6.45, 7) is 3.41.